The van der Waals surface area contributed by atoms with Gasteiger partial charge in [0.05, 0.1) is 17.6 Å². The van der Waals surface area contributed by atoms with E-state index in [0.717, 1.165) is 35.4 Å². The van der Waals surface area contributed by atoms with Crippen molar-refractivity contribution in [2.75, 3.05) is 19.7 Å². The highest BCUT2D eigenvalue weighted by Gasteiger charge is 2.17. The molecule has 0 aliphatic carbocycles. The van der Waals surface area contributed by atoms with Gasteiger partial charge in [-0.25, -0.2) is 4.98 Å². The van der Waals surface area contributed by atoms with Crippen molar-refractivity contribution in [1.29, 1.82) is 0 Å². The number of aryl methyl sites for hydroxylation is 1. The molecule has 1 heterocycles. The standard InChI is InChI=1S/C21H25N3O2/c1-3-4-12-23(13-14-25)21(26)17-10-11-20-19(15-17)22-16(2)24(20)18-8-6-5-7-9-18/h5-11,15,25H,3-4,12-14H2,1-2H3. The molecule has 5 heteroatoms. The van der Waals surface area contributed by atoms with E-state index in [-0.39, 0.29) is 12.5 Å². The molecule has 0 atom stereocenters. The van der Waals surface area contributed by atoms with E-state index in [0.29, 0.717) is 18.7 Å². The Hall–Kier alpha value is -2.66. The van der Waals surface area contributed by atoms with Gasteiger partial charge in [0, 0.05) is 24.3 Å². The molecule has 0 aliphatic rings. The Morgan fingerprint density at radius 1 is 1.15 bits per heavy atom. The molecule has 0 radical (unpaired) electrons. The molecule has 3 aromatic rings. The lowest BCUT2D eigenvalue weighted by Crippen LogP contribution is -2.34. The van der Waals surface area contributed by atoms with Gasteiger partial charge in [-0.15, -0.1) is 0 Å². The molecule has 0 spiro atoms. The number of nitrogens with zero attached hydrogens (tertiary/aromatic N) is 3. The van der Waals surface area contributed by atoms with Crippen LogP contribution in [0.2, 0.25) is 0 Å². The van der Waals surface area contributed by atoms with E-state index in [4.69, 9.17) is 0 Å². The van der Waals surface area contributed by atoms with Gasteiger partial charge >= 0.3 is 0 Å². The van der Waals surface area contributed by atoms with Gasteiger partial charge in [-0.05, 0) is 43.7 Å². The third-order valence-corrected chi connectivity index (χ3v) is 4.52. The number of aromatic nitrogens is 2. The minimum atomic E-state index is -0.0543. The molecule has 0 aliphatic heterocycles. The third kappa shape index (κ3) is 3.63. The first-order chi connectivity index (χ1) is 12.7. The summed E-state index contributed by atoms with van der Waals surface area (Å²) in [4.78, 5) is 19.2. The van der Waals surface area contributed by atoms with Crippen LogP contribution in [0.3, 0.4) is 0 Å². The molecule has 136 valence electrons. The van der Waals surface area contributed by atoms with Crippen molar-refractivity contribution in [3.05, 3.63) is 59.9 Å². The van der Waals surface area contributed by atoms with Crippen molar-refractivity contribution in [2.45, 2.75) is 26.7 Å². The molecule has 0 unspecified atom stereocenters. The molecule has 1 aromatic heterocycles. The molecule has 0 fully saturated rings. The van der Waals surface area contributed by atoms with Gasteiger partial charge in [-0.1, -0.05) is 31.5 Å². The van der Waals surface area contributed by atoms with E-state index in [9.17, 15) is 9.90 Å². The quantitative estimate of drug-likeness (QED) is 0.708. The van der Waals surface area contributed by atoms with Crippen LogP contribution in [0.1, 0.15) is 35.9 Å². The Morgan fingerprint density at radius 3 is 2.62 bits per heavy atom. The van der Waals surface area contributed by atoms with Crippen LogP contribution >= 0.6 is 0 Å². The van der Waals surface area contributed by atoms with Gasteiger partial charge in [-0.3, -0.25) is 9.36 Å². The highest BCUT2D eigenvalue weighted by atomic mass is 16.3. The lowest BCUT2D eigenvalue weighted by atomic mass is 10.1. The van der Waals surface area contributed by atoms with Crippen molar-refractivity contribution in [2.24, 2.45) is 0 Å². The maximum absolute atomic E-state index is 12.8. The average Bonchev–Trinajstić information content (AvgIpc) is 3.00. The van der Waals surface area contributed by atoms with Crippen molar-refractivity contribution in [3.8, 4) is 5.69 Å². The molecule has 3 rings (SSSR count). The summed E-state index contributed by atoms with van der Waals surface area (Å²) in [5.74, 6) is 0.829. The lowest BCUT2D eigenvalue weighted by molar-refractivity contribution is 0.0719. The Morgan fingerprint density at radius 2 is 1.92 bits per heavy atom. The molecule has 0 bridgehead atoms. The van der Waals surface area contributed by atoms with Gasteiger partial charge in [0.25, 0.3) is 5.91 Å². The second-order valence-electron chi connectivity index (χ2n) is 6.40. The van der Waals surface area contributed by atoms with Gasteiger partial charge in [0.2, 0.25) is 0 Å². The minimum Gasteiger partial charge on any atom is -0.395 e. The number of hydrogen-bond donors (Lipinski definition) is 1. The van der Waals surface area contributed by atoms with Crippen LogP contribution in [-0.4, -0.2) is 45.2 Å². The topological polar surface area (TPSA) is 58.4 Å². The monoisotopic (exact) mass is 351 g/mol. The number of carbonyl (C=O) groups excluding carboxylic acids is 1. The molecular formula is C21H25N3O2. The number of para-hydroxylation sites is 1. The second-order valence-corrected chi connectivity index (χ2v) is 6.40. The van der Waals surface area contributed by atoms with Gasteiger partial charge in [-0.2, -0.15) is 0 Å². The van der Waals surface area contributed by atoms with E-state index in [1.54, 1.807) is 4.90 Å². The van der Waals surface area contributed by atoms with Crippen molar-refractivity contribution < 1.29 is 9.90 Å². The summed E-state index contributed by atoms with van der Waals surface area (Å²) in [6, 6.07) is 15.7. The van der Waals surface area contributed by atoms with Gasteiger partial charge < -0.3 is 10.0 Å². The number of carbonyl (C=O) groups is 1. The molecule has 1 N–H and O–H groups in total. The summed E-state index contributed by atoms with van der Waals surface area (Å²) < 4.78 is 2.09. The zero-order valence-corrected chi connectivity index (χ0v) is 15.4. The van der Waals surface area contributed by atoms with Gasteiger partial charge in [0.15, 0.2) is 0 Å². The summed E-state index contributed by atoms with van der Waals surface area (Å²) in [7, 11) is 0. The van der Waals surface area contributed by atoms with E-state index < -0.39 is 0 Å². The van der Waals surface area contributed by atoms with Crippen LogP contribution < -0.4 is 0 Å². The Balaban J connectivity index is 1.96. The molecule has 0 saturated carbocycles. The predicted molar refractivity (Wildman–Crippen MR) is 104 cm³/mol. The zero-order chi connectivity index (χ0) is 18.5. The fraction of sp³-hybridized carbons (Fsp3) is 0.333. The summed E-state index contributed by atoms with van der Waals surface area (Å²) in [5, 5.41) is 9.26. The number of rotatable bonds is 7. The van der Waals surface area contributed by atoms with E-state index >= 15 is 0 Å². The van der Waals surface area contributed by atoms with Crippen LogP contribution in [0.4, 0.5) is 0 Å². The number of aliphatic hydroxyl groups is 1. The van der Waals surface area contributed by atoms with E-state index in [1.807, 2.05) is 55.5 Å². The van der Waals surface area contributed by atoms with Crippen LogP contribution in [-0.2, 0) is 0 Å². The maximum atomic E-state index is 12.8. The first kappa shape index (κ1) is 18.1. The van der Waals surface area contributed by atoms with E-state index in [1.165, 1.54) is 0 Å². The van der Waals surface area contributed by atoms with Crippen molar-refractivity contribution >= 4 is 16.9 Å². The average molecular weight is 351 g/mol. The summed E-state index contributed by atoms with van der Waals surface area (Å²) in [5.41, 5.74) is 3.44. The molecule has 5 nitrogen and oxygen atoms in total. The van der Waals surface area contributed by atoms with Crippen LogP contribution in [0.5, 0.6) is 0 Å². The molecule has 0 saturated heterocycles. The maximum Gasteiger partial charge on any atom is 0.254 e. The first-order valence-corrected chi connectivity index (χ1v) is 9.10. The van der Waals surface area contributed by atoms with Crippen LogP contribution in [0, 0.1) is 6.92 Å². The number of imidazole rings is 1. The lowest BCUT2D eigenvalue weighted by Gasteiger charge is -2.21. The largest absolute Gasteiger partial charge is 0.395 e. The normalized spacial score (nSPS) is 11.0. The Labute approximate surface area is 153 Å². The molecule has 26 heavy (non-hydrogen) atoms. The SMILES string of the molecule is CCCCN(CCO)C(=O)c1ccc2c(c1)nc(C)n2-c1ccccc1. The highest BCUT2D eigenvalue weighted by molar-refractivity contribution is 5.97. The number of amides is 1. The summed E-state index contributed by atoms with van der Waals surface area (Å²) in [6.45, 7) is 5.04. The number of unbranched alkanes of at least 4 members (excludes halogenated alkanes) is 1. The smallest absolute Gasteiger partial charge is 0.254 e. The van der Waals surface area contributed by atoms with E-state index in [2.05, 4.69) is 16.5 Å². The summed E-state index contributed by atoms with van der Waals surface area (Å²) in [6.07, 6.45) is 1.94. The molecular weight excluding hydrogens is 326 g/mol. The fourth-order valence-corrected chi connectivity index (χ4v) is 3.20. The third-order valence-electron chi connectivity index (χ3n) is 4.52. The van der Waals surface area contributed by atoms with Gasteiger partial charge in [0.1, 0.15) is 5.82 Å². The summed E-state index contributed by atoms with van der Waals surface area (Å²) >= 11 is 0. The number of hydrogen-bond acceptors (Lipinski definition) is 3. The molecule has 2 aromatic carbocycles. The predicted octanol–water partition coefficient (Wildman–Crippen LogP) is 3.57. The molecule has 1 amide bonds. The second kappa shape index (κ2) is 8.15. The first-order valence-electron chi connectivity index (χ1n) is 9.10. The Kier molecular flexibility index (Phi) is 5.68. The van der Waals surface area contributed by atoms with Crippen molar-refractivity contribution in [3.63, 3.8) is 0 Å². The fourth-order valence-electron chi connectivity index (χ4n) is 3.20. The number of fused-ring (bicyclic) bond motifs is 1. The number of benzene rings is 2. The number of aliphatic hydroxyl groups excluding tert-OH is 1. The van der Waals surface area contributed by atoms with Crippen LogP contribution in [0.15, 0.2) is 48.5 Å². The highest BCUT2D eigenvalue weighted by Crippen LogP contribution is 2.23. The minimum absolute atomic E-state index is 0.0283. The zero-order valence-electron chi connectivity index (χ0n) is 15.4. The Bertz CT molecular complexity index is 887. The van der Waals surface area contributed by atoms with Crippen LogP contribution in [0.25, 0.3) is 16.7 Å². The van der Waals surface area contributed by atoms with Crippen molar-refractivity contribution in [1.82, 2.24) is 14.5 Å².